The maximum atomic E-state index is 13.0. The molecule has 0 radical (unpaired) electrons. The van der Waals surface area contributed by atoms with Crippen LogP contribution in [0.1, 0.15) is 18.9 Å². The first-order valence-corrected chi connectivity index (χ1v) is 5.20. The van der Waals surface area contributed by atoms with Crippen LogP contribution < -0.4 is 10.1 Å². The van der Waals surface area contributed by atoms with Crippen molar-refractivity contribution in [2.24, 2.45) is 0 Å². The summed E-state index contributed by atoms with van der Waals surface area (Å²) in [5.41, 5.74) is 0.673. The predicted octanol–water partition coefficient (Wildman–Crippen LogP) is 1.09. The highest BCUT2D eigenvalue weighted by Gasteiger charge is 2.07. The molecule has 4 nitrogen and oxygen atoms in total. The SMILES string of the molecule is COc1ncc(F)cc1CN[C@H](C)CCO. The molecule has 0 saturated carbocycles. The number of nitrogens with zero attached hydrogens (tertiary/aromatic N) is 1. The van der Waals surface area contributed by atoms with E-state index in [1.165, 1.54) is 13.2 Å². The second kappa shape index (κ2) is 6.40. The van der Waals surface area contributed by atoms with Crippen LogP contribution in [0, 0.1) is 5.82 Å². The molecule has 0 saturated heterocycles. The molecule has 0 fully saturated rings. The van der Waals surface area contributed by atoms with Gasteiger partial charge in [0.05, 0.1) is 13.3 Å². The van der Waals surface area contributed by atoms with Gasteiger partial charge >= 0.3 is 0 Å². The molecule has 1 heterocycles. The van der Waals surface area contributed by atoms with Gasteiger partial charge in [-0.25, -0.2) is 9.37 Å². The average molecular weight is 228 g/mol. The van der Waals surface area contributed by atoms with Gasteiger partial charge in [0.1, 0.15) is 5.82 Å². The minimum absolute atomic E-state index is 0.132. The van der Waals surface area contributed by atoms with Crippen LogP contribution >= 0.6 is 0 Å². The number of hydrogen-bond donors (Lipinski definition) is 2. The lowest BCUT2D eigenvalue weighted by molar-refractivity contribution is 0.268. The Kier molecular flexibility index (Phi) is 5.14. The van der Waals surface area contributed by atoms with Gasteiger partial charge < -0.3 is 15.2 Å². The van der Waals surface area contributed by atoms with Crippen LogP contribution in [0.4, 0.5) is 4.39 Å². The van der Waals surface area contributed by atoms with Gasteiger partial charge in [0.25, 0.3) is 0 Å². The number of hydrogen-bond acceptors (Lipinski definition) is 4. The van der Waals surface area contributed by atoms with Crippen molar-refractivity contribution in [2.75, 3.05) is 13.7 Å². The maximum Gasteiger partial charge on any atom is 0.217 e. The number of aromatic nitrogens is 1. The van der Waals surface area contributed by atoms with Gasteiger partial charge in [-0.15, -0.1) is 0 Å². The Morgan fingerprint density at radius 3 is 3.00 bits per heavy atom. The van der Waals surface area contributed by atoms with Crippen molar-refractivity contribution in [2.45, 2.75) is 25.9 Å². The molecule has 5 heteroatoms. The van der Waals surface area contributed by atoms with Crippen molar-refractivity contribution in [3.8, 4) is 5.88 Å². The highest BCUT2D eigenvalue weighted by Crippen LogP contribution is 2.15. The molecule has 1 atom stereocenters. The molecule has 0 aliphatic carbocycles. The van der Waals surface area contributed by atoms with Crippen molar-refractivity contribution in [3.63, 3.8) is 0 Å². The largest absolute Gasteiger partial charge is 0.481 e. The topological polar surface area (TPSA) is 54.4 Å². The summed E-state index contributed by atoms with van der Waals surface area (Å²) < 4.78 is 18.0. The van der Waals surface area contributed by atoms with E-state index in [1.807, 2.05) is 6.92 Å². The summed E-state index contributed by atoms with van der Waals surface area (Å²) in [4.78, 5) is 3.83. The number of nitrogens with one attached hydrogen (secondary N) is 1. The van der Waals surface area contributed by atoms with Crippen LogP contribution in [0.2, 0.25) is 0 Å². The fraction of sp³-hybridized carbons (Fsp3) is 0.545. The minimum Gasteiger partial charge on any atom is -0.481 e. The van der Waals surface area contributed by atoms with E-state index < -0.39 is 0 Å². The summed E-state index contributed by atoms with van der Waals surface area (Å²) in [5, 5.41) is 11.9. The van der Waals surface area contributed by atoms with E-state index in [0.29, 0.717) is 24.4 Å². The number of halogens is 1. The molecule has 0 amide bonds. The highest BCUT2D eigenvalue weighted by atomic mass is 19.1. The second-order valence-electron chi connectivity index (χ2n) is 3.62. The van der Waals surface area contributed by atoms with Crippen LogP contribution in [0.25, 0.3) is 0 Å². The third-order valence-corrected chi connectivity index (χ3v) is 2.29. The Morgan fingerprint density at radius 2 is 2.38 bits per heavy atom. The molecule has 2 N–H and O–H groups in total. The number of rotatable bonds is 6. The normalized spacial score (nSPS) is 12.5. The molecule has 16 heavy (non-hydrogen) atoms. The van der Waals surface area contributed by atoms with Crippen molar-refractivity contribution in [1.29, 1.82) is 0 Å². The molecular weight excluding hydrogens is 211 g/mol. The molecule has 0 aliphatic rings. The van der Waals surface area contributed by atoms with Gasteiger partial charge in [0.15, 0.2) is 0 Å². The fourth-order valence-electron chi connectivity index (χ4n) is 1.36. The predicted molar refractivity (Wildman–Crippen MR) is 58.8 cm³/mol. The summed E-state index contributed by atoms with van der Waals surface area (Å²) >= 11 is 0. The van der Waals surface area contributed by atoms with Gasteiger partial charge in [-0.1, -0.05) is 0 Å². The zero-order valence-electron chi connectivity index (χ0n) is 9.53. The molecule has 1 aromatic rings. The summed E-state index contributed by atoms with van der Waals surface area (Å²) in [7, 11) is 1.50. The quantitative estimate of drug-likeness (QED) is 0.765. The van der Waals surface area contributed by atoms with E-state index in [2.05, 4.69) is 10.3 Å². The number of pyridine rings is 1. The molecule has 90 valence electrons. The van der Waals surface area contributed by atoms with Crippen molar-refractivity contribution >= 4 is 0 Å². The third-order valence-electron chi connectivity index (χ3n) is 2.29. The molecule has 1 rings (SSSR count). The zero-order valence-corrected chi connectivity index (χ0v) is 9.53. The van der Waals surface area contributed by atoms with Gasteiger partial charge in [-0.2, -0.15) is 0 Å². The van der Waals surface area contributed by atoms with Gasteiger partial charge in [0.2, 0.25) is 5.88 Å². The van der Waals surface area contributed by atoms with Crippen LogP contribution in [-0.2, 0) is 6.54 Å². The van der Waals surface area contributed by atoms with E-state index >= 15 is 0 Å². The van der Waals surface area contributed by atoms with E-state index in [0.717, 1.165) is 6.20 Å². The van der Waals surface area contributed by atoms with E-state index in [4.69, 9.17) is 9.84 Å². The van der Waals surface area contributed by atoms with Gasteiger partial charge in [-0.05, 0) is 19.4 Å². The lowest BCUT2D eigenvalue weighted by atomic mass is 10.2. The summed E-state index contributed by atoms with van der Waals surface area (Å²) in [6.45, 7) is 2.55. The lowest BCUT2D eigenvalue weighted by Crippen LogP contribution is -2.26. The Balaban J connectivity index is 2.61. The molecule has 0 aromatic carbocycles. The average Bonchev–Trinajstić information content (AvgIpc) is 2.27. The number of ether oxygens (including phenoxy) is 1. The van der Waals surface area contributed by atoms with Crippen LogP contribution in [0.15, 0.2) is 12.3 Å². The Morgan fingerprint density at radius 1 is 1.62 bits per heavy atom. The molecule has 0 spiro atoms. The first-order chi connectivity index (χ1) is 7.67. The van der Waals surface area contributed by atoms with E-state index in [9.17, 15) is 4.39 Å². The molecule has 0 bridgehead atoms. The van der Waals surface area contributed by atoms with Gasteiger partial charge in [-0.3, -0.25) is 0 Å². The van der Waals surface area contributed by atoms with Crippen LogP contribution in [0.5, 0.6) is 5.88 Å². The Bertz CT molecular complexity index is 334. The molecular formula is C11H17FN2O2. The summed E-state index contributed by atoms with van der Waals surface area (Å²) in [6.07, 6.45) is 1.78. The smallest absolute Gasteiger partial charge is 0.217 e. The Hall–Kier alpha value is -1.20. The standard InChI is InChI=1S/C11H17FN2O2/c1-8(3-4-15)13-6-9-5-10(12)7-14-11(9)16-2/h5,7-8,13,15H,3-4,6H2,1-2H3/t8-/m1/s1. The highest BCUT2D eigenvalue weighted by molar-refractivity contribution is 5.25. The van der Waals surface area contributed by atoms with Crippen molar-refractivity contribution in [3.05, 3.63) is 23.6 Å². The molecule has 0 unspecified atom stereocenters. The molecule has 0 aliphatic heterocycles. The number of methoxy groups -OCH3 is 1. The summed E-state index contributed by atoms with van der Waals surface area (Å²) in [5.74, 6) is 0.0394. The lowest BCUT2D eigenvalue weighted by Gasteiger charge is -2.13. The molecule has 1 aromatic heterocycles. The minimum atomic E-state index is -0.382. The maximum absolute atomic E-state index is 13.0. The van der Waals surface area contributed by atoms with Crippen molar-refractivity contribution < 1.29 is 14.2 Å². The monoisotopic (exact) mass is 228 g/mol. The van der Waals surface area contributed by atoms with Gasteiger partial charge in [0, 0.05) is 24.8 Å². The summed E-state index contributed by atoms with van der Waals surface area (Å²) in [6, 6.07) is 1.56. The number of aliphatic hydroxyl groups is 1. The first-order valence-electron chi connectivity index (χ1n) is 5.20. The van der Waals surface area contributed by atoms with Crippen LogP contribution in [0.3, 0.4) is 0 Å². The zero-order chi connectivity index (χ0) is 12.0. The van der Waals surface area contributed by atoms with Crippen LogP contribution in [-0.4, -0.2) is 29.8 Å². The fourth-order valence-corrected chi connectivity index (χ4v) is 1.36. The second-order valence-corrected chi connectivity index (χ2v) is 3.62. The Labute approximate surface area is 94.5 Å². The van der Waals surface area contributed by atoms with E-state index in [1.54, 1.807) is 0 Å². The van der Waals surface area contributed by atoms with E-state index in [-0.39, 0.29) is 18.5 Å². The van der Waals surface area contributed by atoms with Crippen molar-refractivity contribution in [1.82, 2.24) is 10.3 Å². The third kappa shape index (κ3) is 3.75. The number of aliphatic hydroxyl groups excluding tert-OH is 1. The first kappa shape index (κ1) is 12.9.